The standard InChI is InChI=1S/C14H9Cl2N3/c15-10-1-2-11(12(16)7-10)13-8-18-14(19-13)9-3-5-17-6-4-9/h1-8H,(H,18,19). The predicted octanol–water partition coefficient (Wildman–Crippen LogP) is 4.45. The Hall–Kier alpha value is -1.84. The van der Waals surface area contributed by atoms with Crippen molar-refractivity contribution in [3.63, 3.8) is 0 Å². The highest BCUT2D eigenvalue weighted by Gasteiger charge is 2.08. The summed E-state index contributed by atoms with van der Waals surface area (Å²) in [7, 11) is 0. The average molecular weight is 290 g/mol. The second-order valence-electron chi connectivity index (χ2n) is 4.01. The van der Waals surface area contributed by atoms with Crippen LogP contribution in [0.15, 0.2) is 48.9 Å². The number of nitrogens with zero attached hydrogens (tertiary/aromatic N) is 2. The molecule has 5 heteroatoms. The molecule has 0 radical (unpaired) electrons. The summed E-state index contributed by atoms with van der Waals surface area (Å²) in [6.07, 6.45) is 5.21. The molecule has 1 N–H and O–H groups in total. The van der Waals surface area contributed by atoms with E-state index in [1.165, 1.54) is 0 Å². The Balaban J connectivity index is 2.02. The van der Waals surface area contributed by atoms with E-state index in [1.54, 1.807) is 30.7 Å². The molecular formula is C14H9Cl2N3. The summed E-state index contributed by atoms with van der Waals surface area (Å²) >= 11 is 12.1. The summed E-state index contributed by atoms with van der Waals surface area (Å²) in [5, 5.41) is 1.21. The summed E-state index contributed by atoms with van der Waals surface area (Å²) in [6, 6.07) is 9.17. The maximum atomic E-state index is 6.18. The molecule has 0 amide bonds. The van der Waals surface area contributed by atoms with Gasteiger partial charge in [0.1, 0.15) is 5.82 Å². The molecule has 2 heterocycles. The number of rotatable bonds is 2. The first-order chi connectivity index (χ1) is 9.24. The van der Waals surface area contributed by atoms with E-state index in [4.69, 9.17) is 23.2 Å². The van der Waals surface area contributed by atoms with Gasteiger partial charge in [0.15, 0.2) is 0 Å². The molecule has 0 unspecified atom stereocenters. The van der Waals surface area contributed by atoms with Gasteiger partial charge in [-0.3, -0.25) is 4.98 Å². The van der Waals surface area contributed by atoms with Crippen molar-refractivity contribution in [2.24, 2.45) is 0 Å². The number of hydrogen-bond donors (Lipinski definition) is 1. The van der Waals surface area contributed by atoms with Crippen molar-refractivity contribution in [1.29, 1.82) is 0 Å². The summed E-state index contributed by atoms with van der Waals surface area (Å²) in [4.78, 5) is 11.6. The van der Waals surface area contributed by atoms with Crippen LogP contribution in [-0.2, 0) is 0 Å². The molecule has 0 saturated heterocycles. The fourth-order valence-corrected chi connectivity index (χ4v) is 2.33. The van der Waals surface area contributed by atoms with E-state index >= 15 is 0 Å². The van der Waals surface area contributed by atoms with Gasteiger partial charge < -0.3 is 4.98 Å². The van der Waals surface area contributed by atoms with Crippen molar-refractivity contribution in [2.75, 3.05) is 0 Å². The molecule has 0 fully saturated rings. The van der Waals surface area contributed by atoms with Crippen molar-refractivity contribution in [3.05, 3.63) is 59.0 Å². The summed E-state index contributed by atoms with van der Waals surface area (Å²) < 4.78 is 0. The molecule has 0 aliphatic rings. The lowest BCUT2D eigenvalue weighted by Gasteiger charge is -2.01. The summed E-state index contributed by atoms with van der Waals surface area (Å²) in [5.74, 6) is 0.781. The van der Waals surface area contributed by atoms with E-state index < -0.39 is 0 Å². The van der Waals surface area contributed by atoms with E-state index in [1.807, 2.05) is 18.2 Å². The van der Waals surface area contributed by atoms with Gasteiger partial charge in [0.2, 0.25) is 0 Å². The second kappa shape index (κ2) is 5.03. The lowest BCUT2D eigenvalue weighted by Crippen LogP contribution is -1.82. The first-order valence-electron chi connectivity index (χ1n) is 5.65. The molecule has 0 aliphatic carbocycles. The van der Waals surface area contributed by atoms with E-state index in [-0.39, 0.29) is 0 Å². The van der Waals surface area contributed by atoms with Crippen molar-refractivity contribution in [2.45, 2.75) is 0 Å². The Morgan fingerprint density at radius 1 is 1.00 bits per heavy atom. The second-order valence-corrected chi connectivity index (χ2v) is 4.85. The first kappa shape index (κ1) is 12.2. The predicted molar refractivity (Wildman–Crippen MR) is 77.3 cm³/mol. The van der Waals surface area contributed by atoms with Crippen molar-refractivity contribution < 1.29 is 0 Å². The zero-order valence-electron chi connectivity index (χ0n) is 9.77. The number of H-pyrrole nitrogens is 1. The molecule has 0 aliphatic heterocycles. The molecular weight excluding hydrogens is 281 g/mol. The summed E-state index contributed by atoms with van der Waals surface area (Å²) in [6.45, 7) is 0. The maximum Gasteiger partial charge on any atom is 0.137 e. The van der Waals surface area contributed by atoms with Crippen LogP contribution < -0.4 is 0 Å². The van der Waals surface area contributed by atoms with Crippen LogP contribution in [0, 0.1) is 0 Å². The van der Waals surface area contributed by atoms with Crippen LogP contribution in [0.25, 0.3) is 22.6 Å². The molecule has 1 aromatic carbocycles. The molecule has 19 heavy (non-hydrogen) atoms. The molecule has 3 nitrogen and oxygen atoms in total. The number of aromatic amines is 1. The Morgan fingerprint density at radius 3 is 2.53 bits per heavy atom. The van der Waals surface area contributed by atoms with Crippen LogP contribution in [-0.4, -0.2) is 15.0 Å². The molecule has 0 atom stereocenters. The number of benzene rings is 1. The van der Waals surface area contributed by atoms with Crippen LogP contribution in [0.1, 0.15) is 0 Å². The fraction of sp³-hybridized carbons (Fsp3) is 0. The van der Waals surface area contributed by atoms with Gasteiger partial charge in [-0.05, 0) is 30.3 Å². The van der Waals surface area contributed by atoms with Crippen molar-refractivity contribution >= 4 is 23.2 Å². The number of nitrogens with one attached hydrogen (secondary N) is 1. The third-order valence-electron chi connectivity index (χ3n) is 2.75. The highest BCUT2D eigenvalue weighted by atomic mass is 35.5. The topological polar surface area (TPSA) is 41.6 Å². The van der Waals surface area contributed by atoms with Crippen molar-refractivity contribution in [3.8, 4) is 22.6 Å². The van der Waals surface area contributed by atoms with Gasteiger partial charge in [-0.25, -0.2) is 4.98 Å². The van der Waals surface area contributed by atoms with Crippen LogP contribution >= 0.6 is 23.2 Å². The minimum absolute atomic E-state index is 0.595. The smallest absolute Gasteiger partial charge is 0.137 e. The van der Waals surface area contributed by atoms with E-state index in [9.17, 15) is 0 Å². The number of imidazole rings is 1. The Labute approximate surface area is 120 Å². The molecule has 2 aromatic heterocycles. The zero-order chi connectivity index (χ0) is 13.2. The van der Waals surface area contributed by atoms with E-state index in [0.717, 1.165) is 22.6 Å². The lowest BCUT2D eigenvalue weighted by atomic mass is 10.2. The van der Waals surface area contributed by atoms with Gasteiger partial charge in [-0.15, -0.1) is 0 Å². The lowest BCUT2D eigenvalue weighted by molar-refractivity contribution is 1.27. The van der Waals surface area contributed by atoms with Crippen LogP contribution in [0.2, 0.25) is 10.0 Å². The quantitative estimate of drug-likeness (QED) is 0.757. The Morgan fingerprint density at radius 2 is 1.79 bits per heavy atom. The molecule has 3 rings (SSSR count). The monoisotopic (exact) mass is 289 g/mol. The maximum absolute atomic E-state index is 6.18. The molecule has 94 valence electrons. The Kier molecular flexibility index (Phi) is 3.23. The number of hydrogen-bond acceptors (Lipinski definition) is 2. The Bertz CT molecular complexity index is 708. The minimum Gasteiger partial charge on any atom is -0.338 e. The van der Waals surface area contributed by atoms with Crippen molar-refractivity contribution in [1.82, 2.24) is 15.0 Å². The number of aromatic nitrogens is 3. The van der Waals surface area contributed by atoms with Crippen LogP contribution in [0.5, 0.6) is 0 Å². The normalized spacial score (nSPS) is 10.6. The van der Waals surface area contributed by atoms with Gasteiger partial charge in [-0.1, -0.05) is 23.2 Å². The van der Waals surface area contributed by atoms with E-state index in [0.29, 0.717) is 10.0 Å². The highest BCUT2D eigenvalue weighted by molar-refractivity contribution is 6.36. The number of halogens is 2. The van der Waals surface area contributed by atoms with Gasteiger partial charge in [0.05, 0.1) is 16.9 Å². The molecule has 3 aromatic rings. The molecule has 0 bridgehead atoms. The van der Waals surface area contributed by atoms with Gasteiger partial charge in [0, 0.05) is 28.5 Å². The number of pyridine rings is 1. The fourth-order valence-electron chi connectivity index (χ4n) is 1.82. The molecule has 0 saturated carbocycles. The highest BCUT2D eigenvalue weighted by Crippen LogP contribution is 2.30. The van der Waals surface area contributed by atoms with Crippen LogP contribution in [0.4, 0.5) is 0 Å². The average Bonchev–Trinajstić information content (AvgIpc) is 2.89. The minimum atomic E-state index is 0.595. The first-order valence-corrected chi connectivity index (χ1v) is 6.40. The third kappa shape index (κ3) is 2.48. The largest absolute Gasteiger partial charge is 0.338 e. The van der Waals surface area contributed by atoms with Gasteiger partial charge in [0.25, 0.3) is 0 Å². The van der Waals surface area contributed by atoms with Gasteiger partial charge >= 0.3 is 0 Å². The van der Waals surface area contributed by atoms with Gasteiger partial charge in [-0.2, -0.15) is 0 Å². The van der Waals surface area contributed by atoms with Crippen LogP contribution in [0.3, 0.4) is 0 Å². The zero-order valence-corrected chi connectivity index (χ0v) is 11.3. The SMILES string of the molecule is Clc1ccc(-c2cnc(-c3ccncc3)[nH]2)c(Cl)c1. The summed E-state index contributed by atoms with van der Waals surface area (Å²) in [5.41, 5.74) is 2.71. The third-order valence-corrected chi connectivity index (χ3v) is 3.30. The molecule has 0 spiro atoms. The van der Waals surface area contributed by atoms with E-state index in [2.05, 4.69) is 15.0 Å².